The highest BCUT2D eigenvalue weighted by molar-refractivity contribution is 7.75. The van der Waals surface area contributed by atoms with Crippen molar-refractivity contribution in [2.24, 2.45) is 5.41 Å². The van der Waals surface area contributed by atoms with Crippen molar-refractivity contribution >= 4 is 24.8 Å². The minimum absolute atomic E-state index is 0.0517. The third-order valence-electron chi connectivity index (χ3n) is 3.81. The Morgan fingerprint density at radius 1 is 1.47 bits per heavy atom. The molecule has 0 radical (unpaired) electrons. The molecule has 3 rings (SSSR count). The molecule has 0 N–H and O–H groups in total. The number of carbonyl (C=O) groups is 2. The van der Waals surface area contributed by atoms with Gasteiger partial charge in [-0.1, -0.05) is 6.07 Å². The first-order chi connectivity index (χ1) is 9.10. The van der Waals surface area contributed by atoms with E-state index in [1.807, 2.05) is 6.07 Å². The van der Waals surface area contributed by atoms with E-state index in [4.69, 9.17) is 13.7 Å². The van der Waals surface area contributed by atoms with Crippen LogP contribution < -0.4 is 4.18 Å². The minimum Gasteiger partial charge on any atom is -0.468 e. The van der Waals surface area contributed by atoms with E-state index in [0.717, 1.165) is 11.1 Å². The second kappa shape index (κ2) is 4.16. The fraction of sp³-hybridized carbons (Fsp3) is 0.385. The molecule has 100 valence electrons. The highest BCUT2D eigenvalue weighted by Crippen LogP contribution is 2.55. The van der Waals surface area contributed by atoms with E-state index in [2.05, 4.69) is 12.9 Å². The Labute approximate surface area is 115 Å². The van der Waals surface area contributed by atoms with Crippen LogP contribution in [-0.2, 0) is 25.5 Å². The van der Waals surface area contributed by atoms with E-state index in [9.17, 15) is 9.59 Å². The molecule has 0 bridgehead atoms. The molecule has 1 aromatic rings. The van der Waals surface area contributed by atoms with Gasteiger partial charge in [0.05, 0.1) is 13.5 Å². The summed E-state index contributed by atoms with van der Waals surface area (Å²) < 4.78 is 15.0. The molecule has 19 heavy (non-hydrogen) atoms. The van der Waals surface area contributed by atoms with E-state index in [0.29, 0.717) is 12.2 Å². The maximum atomic E-state index is 12.1. The Bertz CT molecular complexity index is 570. The van der Waals surface area contributed by atoms with Crippen LogP contribution in [0.15, 0.2) is 18.2 Å². The average Bonchev–Trinajstić information content (AvgIpc) is 2.89. The summed E-state index contributed by atoms with van der Waals surface area (Å²) in [6.07, 6.45) is -0.0974. The summed E-state index contributed by atoms with van der Waals surface area (Å²) in [6, 6.07) is 5.37. The van der Waals surface area contributed by atoms with Crippen molar-refractivity contribution in [1.82, 2.24) is 0 Å². The van der Waals surface area contributed by atoms with Gasteiger partial charge in [-0.25, -0.2) is 0 Å². The second-order valence-electron chi connectivity index (χ2n) is 4.82. The molecule has 1 aliphatic heterocycles. The number of methoxy groups -OCH3 is 1. The van der Waals surface area contributed by atoms with Gasteiger partial charge in [0.2, 0.25) is 0 Å². The highest BCUT2D eigenvalue weighted by atomic mass is 32.1. The van der Waals surface area contributed by atoms with E-state index >= 15 is 0 Å². The lowest BCUT2D eigenvalue weighted by molar-refractivity contribution is -0.155. The Balaban J connectivity index is 2.09. The van der Waals surface area contributed by atoms with Gasteiger partial charge in [-0.2, -0.15) is 0 Å². The summed E-state index contributed by atoms with van der Waals surface area (Å²) in [4.78, 5) is 23.7. The zero-order valence-electron chi connectivity index (χ0n) is 10.2. The molecular weight excluding hydrogens is 268 g/mol. The predicted molar refractivity (Wildman–Crippen MR) is 67.7 cm³/mol. The van der Waals surface area contributed by atoms with Gasteiger partial charge in [-0.05, 0) is 24.1 Å². The van der Waals surface area contributed by atoms with Crippen LogP contribution in [0.5, 0.6) is 5.75 Å². The fourth-order valence-electron chi connectivity index (χ4n) is 2.98. The summed E-state index contributed by atoms with van der Waals surface area (Å²) in [5.41, 5.74) is 0.837. The molecule has 5 nitrogen and oxygen atoms in total. The number of benzene rings is 1. The number of hydrogen-bond donors (Lipinski definition) is 1. The quantitative estimate of drug-likeness (QED) is 0.506. The SMILES string of the molecule is COC(=O)[C@@]12CC(=O)OC1c1cc(OS)ccc1C2. The zero-order valence-corrected chi connectivity index (χ0v) is 11.1. The average molecular weight is 280 g/mol. The Morgan fingerprint density at radius 3 is 2.95 bits per heavy atom. The summed E-state index contributed by atoms with van der Waals surface area (Å²) in [7, 11) is 1.32. The van der Waals surface area contributed by atoms with Gasteiger partial charge in [0, 0.05) is 18.5 Å². The topological polar surface area (TPSA) is 61.8 Å². The van der Waals surface area contributed by atoms with Gasteiger partial charge >= 0.3 is 11.9 Å². The molecule has 1 fully saturated rings. The molecule has 1 heterocycles. The lowest BCUT2D eigenvalue weighted by atomic mass is 9.81. The van der Waals surface area contributed by atoms with Crippen LogP contribution in [0.4, 0.5) is 0 Å². The Morgan fingerprint density at radius 2 is 2.26 bits per heavy atom. The van der Waals surface area contributed by atoms with Gasteiger partial charge in [-0.3, -0.25) is 9.59 Å². The molecule has 1 saturated heterocycles. The molecule has 2 atom stereocenters. The third kappa shape index (κ3) is 1.63. The van der Waals surface area contributed by atoms with Crippen molar-refractivity contribution in [2.45, 2.75) is 18.9 Å². The van der Waals surface area contributed by atoms with Crippen molar-refractivity contribution in [1.29, 1.82) is 0 Å². The number of ether oxygens (including phenoxy) is 2. The van der Waals surface area contributed by atoms with Crippen LogP contribution in [0.3, 0.4) is 0 Å². The number of carbonyl (C=O) groups excluding carboxylic acids is 2. The van der Waals surface area contributed by atoms with Crippen molar-refractivity contribution < 1.29 is 23.2 Å². The molecule has 6 heteroatoms. The van der Waals surface area contributed by atoms with E-state index in [1.165, 1.54) is 7.11 Å². The fourth-order valence-corrected chi connectivity index (χ4v) is 3.10. The van der Waals surface area contributed by atoms with E-state index < -0.39 is 17.5 Å². The second-order valence-corrected chi connectivity index (χ2v) is 5.01. The minimum atomic E-state index is -0.927. The normalized spacial score (nSPS) is 27.5. The van der Waals surface area contributed by atoms with Crippen molar-refractivity contribution in [3.05, 3.63) is 29.3 Å². The van der Waals surface area contributed by atoms with Gasteiger partial charge in [0.1, 0.15) is 17.3 Å². The summed E-state index contributed by atoms with van der Waals surface area (Å²) in [5.74, 6) is -0.239. The standard InChI is InChI=1S/C13H12O5S/c1-16-12(15)13-5-7-2-3-8(18-19)4-9(7)11(13)17-10(14)6-13/h2-4,11,19H,5-6H2,1H3/t11?,13-/m0/s1. The first-order valence-corrected chi connectivity index (χ1v) is 6.19. The summed E-state index contributed by atoms with van der Waals surface area (Å²) >= 11 is 3.75. The number of thiol groups is 1. The van der Waals surface area contributed by atoms with Gasteiger partial charge < -0.3 is 13.7 Å². The largest absolute Gasteiger partial charge is 0.468 e. The summed E-state index contributed by atoms with van der Waals surface area (Å²) in [6.45, 7) is 0. The number of esters is 2. The van der Waals surface area contributed by atoms with E-state index in [-0.39, 0.29) is 12.4 Å². The first kappa shape index (κ1) is 12.3. The maximum Gasteiger partial charge on any atom is 0.316 e. The molecule has 0 saturated carbocycles. The Hall–Kier alpha value is -1.69. The van der Waals surface area contributed by atoms with Gasteiger partial charge in [0.25, 0.3) is 0 Å². The monoisotopic (exact) mass is 280 g/mol. The third-order valence-corrected chi connectivity index (χ3v) is 4.02. The molecule has 2 aliphatic rings. The lowest BCUT2D eigenvalue weighted by Crippen LogP contribution is -2.33. The first-order valence-electron chi connectivity index (χ1n) is 5.83. The van der Waals surface area contributed by atoms with Crippen molar-refractivity contribution in [3.63, 3.8) is 0 Å². The number of hydrogen-bond acceptors (Lipinski definition) is 6. The molecule has 0 amide bonds. The van der Waals surface area contributed by atoms with Crippen molar-refractivity contribution in [2.75, 3.05) is 7.11 Å². The van der Waals surface area contributed by atoms with Crippen LogP contribution in [-0.4, -0.2) is 19.0 Å². The molecule has 0 spiro atoms. The highest BCUT2D eigenvalue weighted by Gasteiger charge is 2.60. The predicted octanol–water partition coefficient (Wildman–Crippen LogP) is 1.61. The Kier molecular flexibility index (Phi) is 2.70. The van der Waals surface area contributed by atoms with Crippen LogP contribution in [0, 0.1) is 5.41 Å². The smallest absolute Gasteiger partial charge is 0.316 e. The van der Waals surface area contributed by atoms with Crippen LogP contribution in [0.1, 0.15) is 23.7 Å². The zero-order chi connectivity index (χ0) is 13.6. The maximum absolute atomic E-state index is 12.1. The molecule has 1 aliphatic carbocycles. The van der Waals surface area contributed by atoms with Crippen LogP contribution >= 0.6 is 12.9 Å². The lowest BCUT2D eigenvalue weighted by Gasteiger charge is -2.22. The number of rotatable bonds is 2. The molecule has 0 aromatic heterocycles. The molecule has 1 aromatic carbocycles. The van der Waals surface area contributed by atoms with E-state index in [1.54, 1.807) is 12.1 Å². The molecule has 1 unspecified atom stereocenters. The number of fused-ring (bicyclic) bond motifs is 3. The van der Waals surface area contributed by atoms with Crippen LogP contribution in [0.25, 0.3) is 0 Å². The van der Waals surface area contributed by atoms with Crippen molar-refractivity contribution in [3.8, 4) is 5.75 Å². The summed E-state index contributed by atoms with van der Waals surface area (Å²) in [5, 5.41) is 0. The van der Waals surface area contributed by atoms with Gasteiger partial charge in [0.15, 0.2) is 0 Å². The molecular formula is C13H12O5S. The van der Waals surface area contributed by atoms with Crippen LogP contribution in [0.2, 0.25) is 0 Å². The van der Waals surface area contributed by atoms with Gasteiger partial charge in [-0.15, -0.1) is 0 Å².